The van der Waals surface area contributed by atoms with Gasteiger partial charge in [-0.1, -0.05) is 86.1 Å². The van der Waals surface area contributed by atoms with E-state index in [2.05, 4.69) is 31.2 Å². The molecule has 0 saturated heterocycles. The van der Waals surface area contributed by atoms with Gasteiger partial charge in [0, 0.05) is 24.1 Å². The minimum absolute atomic E-state index is 0.0588. The number of carbonyl (C=O) groups excluding carboxylic acids is 1. The minimum Gasteiger partial charge on any atom is -0.356 e. The summed E-state index contributed by atoms with van der Waals surface area (Å²) in [6, 6.07) is 23.8. The van der Waals surface area contributed by atoms with Crippen molar-refractivity contribution in [2.24, 2.45) is 0 Å². The Kier molecular flexibility index (Phi) is 10.6. The van der Waals surface area contributed by atoms with Gasteiger partial charge in [0.05, 0.1) is 27.6 Å². The van der Waals surface area contributed by atoms with Crippen LogP contribution in [0.25, 0.3) is 22.5 Å². The quantitative estimate of drug-likeness (QED) is 0.110. The Hall–Kier alpha value is -4.52. The number of hydrogen-bond acceptors (Lipinski definition) is 5. The molecule has 262 valence electrons. The first-order chi connectivity index (χ1) is 23.4. The lowest BCUT2D eigenvalue weighted by Crippen LogP contribution is -2.28. The van der Waals surface area contributed by atoms with Crippen LogP contribution >= 0.6 is 11.6 Å². The van der Waals surface area contributed by atoms with Gasteiger partial charge in [-0.3, -0.25) is 9.35 Å². The predicted octanol–water partition coefficient (Wildman–Crippen LogP) is 9.11. The molecule has 0 bridgehead atoms. The van der Waals surface area contributed by atoms with Crippen molar-refractivity contribution in [2.75, 3.05) is 12.3 Å². The molecule has 0 fully saturated rings. The van der Waals surface area contributed by atoms with Gasteiger partial charge in [-0.2, -0.15) is 21.6 Å². The smallest absolute Gasteiger partial charge is 0.356 e. The minimum atomic E-state index is -4.62. The van der Waals surface area contributed by atoms with E-state index in [0.29, 0.717) is 28.8 Å². The van der Waals surface area contributed by atoms with Crippen molar-refractivity contribution in [1.82, 2.24) is 10.5 Å². The van der Waals surface area contributed by atoms with Crippen molar-refractivity contribution in [3.63, 3.8) is 0 Å². The SMILES string of the molecule is CC(C)(C)c1ccc(C(Cc2ccc(C(=O)NCCS(=O)(=O)O)cc2)c2cc(-c3cc(-c4ccc(C(F)(F)F)c(Cl)c4)ccc3F)on2)cc1. The van der Waals surface area contributed by atoms with E-state index in [9.17, 15) is 26.4 Å². The predicted molar refractivity (Wildman–Crippen MR) is 183 cm³/mol. The maximum Gasteiger partial charge on any atom is 0.417 e. The van der Waals surface area contributed by atoms with E-state index in [1.165, 1.54) is 30.3 Å². The fraction of sp³-hybridized carbons (Fsp3) is 0.243. The first kappa shape index (κ1) is 36.8. The zero-order chi connectivity index (χ0) is 36.4. The van der Waals surface area contributed by atoms with Gasteiger partial charge in [0.15, 0.2) is 5.76 Å². The van der Waals surface area contributed by atoms with Crippen LogP contribution in [0.3, 0.4) is 0 Å². The van der Waals surface area contributed by atoms with Crippen molar-refractivity contribution < 1.29 is 39.8 Å². The number of alkyl halides is 3. The molecule has 0 saturated carbocycles. The van der Waals surface area contributed by atoms with Crippen LogP contribution in [-0.4, -0.2) is 36.3 Å². The molecule has 1 heterocycles. The molecule has 1 aromatic heterocycles. The summed E-state index contributed by atoms with van der Waals surface area (Å²) in [5, 5.41) is 6.28. The number of amides is 1. The second kappa shape index (κ2) is 14.4. The number of rotatable bonds is 10. The second-order valence-electron chi connectivity index (χ2n) is 12.9. The monoisotopic (exact) mass is 728 g/mol. The number of halogens is 5. The van der Waals surface area contributed by atoms with Crippen molar-refractivity contribution in [2.45, 2.75) is 44.7 Å². The van der Waals surface area contributed by atoms with E-state index in [1.807, 2.05) is 24.3 Å². The molecule has 0 aliphatic rings. The van der Waals surface area contributed by atoms with Gasteiger partial charge in [0.1, 0.15) is 5.82 Å². The lowest BCUT2D eigenvalue weighted by Gasteiger charge is -2.21. The van der Waals surface area contributed by atoms with Gasteiger partial charge in [0.2, 0.25) is 0 Å². The summed E-state index contributed by atoms with van der Waals surface area (Å²) in [5.74, 6) is -1.98. The van der Waals surface area contributed by atoms with Crippen LogP contribution in [0.2, 0.25) is 5.02 Å². The Morgan fingerprint density at radius 1 is 0.920 bits per heavy atom. The largest absolute Gasteiger partial charge is 0.417 e. The molecule has 0 aliphatic heterocycles. The lowest BCUT2D eigenvalue weighted by atomic mass is 9.83. The van der Waals surface area contributed by atoms with Crippen LogP contribution in [-0.2, 0) is 28.1 Å². The Balaban J connectivity index is 1.45. The van der Waals surface area contributed by atoms with Crippen molar-refractivity contribution in [1.29, 1.82) is 0 Å². The average molecular weight is 729 g/mol. The lowest BCUT2D eigenvalue weighted by molar-refractivity contribution is -0.137. The molecule has 1 atom stereocenters. The first-order valence-electron chi connectivity index (χ1n) is 15.5. The summed E-state index contributed by atoms with van der Waals surface area (Å²) in [6.07, 6.45) is -4.20. The maximum absolute atomic E-state index is 15.2. The topological polar surface area (TPSA) is 110 Å². The Morgan fingerprint density at radius 3 is 2.16 bits per heavy atom. The number of aromatic nitrogens is 1. The molecule has 0 spiro atoms. The number of nitrogens with zero attached hydrogens (tertiary/aromatic N) is 1. The fourth-order valence-electron chi connectivity index (χ4n) is 5.43. The number of benzene rings is 4. The molecule has 4 aromatic carbocycles. The molecule has 7 nitrogen and oxygen atoms in total. The molecule has 13 heteroatoms. The summed E-state index contributed by atoms with van der Waals surface area (Å²) >= 11 is 5.94. The first-order valence-corrected chi connectivity index (χ1v) is 17.4. The van der Waals surface area contributed by atoms with Crippen LogP contribution in [0, 0.1) is 5.82 Å². The Morgan fingerprint density at radius 2 is 1.56 bits per heavy atom. The molecular weight excluding hydrogens is 696 g/mol. The molecule has 5 rings (SSSR count). The van der Waals surface area contributed by atoms with Gasteiger partial charge in [0.25, 0.3) is 16.0 Å². The number of nitrogens with one attached hydrogen (secondary N) is 1. The van der Waals surface area contributed by atoms with Crippen LogP contribution in [0.1, 0.15) is 65.0 Å². The molecule has 0 radical (unpaired) electrons. The maximum atomic E-state index is 15.2. The highest BCUT2D eigenvalue weighted by molar-refractivity contribution is 7.85. The van der Waals surface area contributed by atoms with E-state index in [1.54, 1.807) is 30.3 Å². The van der Waals surface area contributed by atoms with Gasteiger partial charge in [-0.05, 0) is 76.1 Å². The molecular formula is C37H33ClF4N2O5S. The van der Waals surface area contributed by atoms with E-state index in [-0.39, 0.29) is 29.2 Å². The van der Waals surface area contributed by atoms with Crippen molar-refractivity contribution >= 4 is 27.6 Å². The Bertz CT molecular complexity index is 2110. The third-order valence-corrected chi connectivity index (χ3v) is 9.24. The van der Waals surface area contributed by atoms with Crippen molar-refractivity contribution in [3.8, 4) is 22.5 Å². The van der Waals surface area contributed by atoms with Gasteiger partial charge >= 0.3 is 6.18 Å². The van der Waals surface area contributed by atoms with Crippen LogP contribution in [0.15, 0.2) is 95.5 Å². The van der Waals surface area contributed by atoms with E-state index in [0.717, 1.165) is 22.8 Å². The summed E-state index contributed by atoms with van der Waals surface area (Å²) in [4.78, 5) is 12.5. The fourth-order valence-corrected chi connectivity index (χ4v) is 6.08. The molecule has 2 N–H and O–H groups in total. The summed E-state index contributed by atoms with van der Waals surface area (Å²) < 4.78 is 91.4. The third kappa shape index (κ3) is 8.98. The molecule has 1 amide bonds. The summed E-state index contributed by atoms with van der Waals surface area (Å²) in [6.45, 7) is 6.06. The van der Waals surface area contributed by atoms with Crippen LogP contribution < -0.4 is 5.32 Å². The number of carbonyl (C=O) groups is 1. The highest BCUT2D eigenvalue weighted by atomic mass is 35.5. The van der Waals surface area contributed by atoms with Gasteiger partial charge in [-0.25, -0.2) is 4.39 Å². The number of hydrogen-bond donors (Lipinski definition) is 2. The molecule has 50 heavy (non-hydrogen) atoms. The van der Waals surface area contributed by atoms with Crippen LogP contribution in [0.4, 0.5) is 17.6 Å². The zero-order valence-electron chi connectivity index (χ0n) is 27.2. The molecule has 1 unspecified atom stereocenters. The van der Waals surface area contributed by atoms with Crippen molar-refractivity contribution in [3.05, 3.63) is 135 Å². The zero-order valence-corrected chi connectivity index (χ0v) is 28.8. The Labute approximate surface area is 292 Å². The summed E-state index contributed by atoms with van der Waals surface area (Å²) in [7, 11) is -4.22. The van der Waals surface area contributed by atoms with E-state index < -0.39 is 44.4 Å². The highest BCUT2D eigenvalue weighted by Crippen LogP contribution is 2.39. The van der Waals surface area contributed by atoms with Gasteiger partial charge < -0.3 is 9.84 Å². The molecule has 0 aliphatic carbocycles. The second-order valence-corrected chi connectivity index (χ2v) is 14.8. The van der Waals surface area contributed by atoms with E-state index >= 15 is 4.39 Å². The highest BCUT2D eigenvalue weighted by Gasteiger charge is 2.33. The molecule has 5 aromatic rings. The summed E-state index contributed by atoms with van der Waals surface area (Å²) in [5.41, 5.74) is 3.42. The average Bonchev–Trinajstić information content (AvgIpc) is 3.52. The standard InChI is InChI=1S/C37H33ClF4N2O5S/c1-36(2,3)27-12-8-23(9-13-27)28(18-22-4-6-24(7-5-22)35(45)43-16-17-50(46,47)48)33-21-34(49-44-33)29-19-25(11-15-32(29)39)26-10-14-30(31(38)20-26)37(40,41)42/h4-15,19-21,28H,16-18H2,1-3H3,(H,43,45)(H,46,47,48). The van der Waals surface area contributed by atoms with E-state index in [4.69, 9.17) is 20.7 Å². The van der Waals surface area contributed by atoms with Gasteiger partial charge in [-0.15, -0.1) is 0 Å². The van der Waals surface area contributed by atoms with Crippen LogP contribution in [0.5, 0.6) is 0 Å². The normalized spacial score (nSPS) is 12.9. The third-order valence-electron chi connectivity index (χ3n) is 8.21.